The smallest absolute Gasteiger partial charge is 0.0980 e. The van der Waals surface area contributed by atoms with Crippen LogP contribution in [0.2, 0.25) is 0 Å². The van der Waals surface area contributed by atoms with E-state index in [0.717, 1.165) is 13.1 Å². The average molecular weight is 249 g/mol. The molecule has 18 heavy (non-hydrogen) atoms. The number of hydrogen-bond donors (Lipinski definition) is 1. The summed E-state index contributed by atoms with van der Waals surface area (Å²) in [5.41, 5.74) is 2.75. The Bertz CT molecular complexity index is 380. The zero-order valence-electron chi connectivity index (χ0n) is 11.5. The largest absolute Gasteiger partial charge is 0.394 e. The highest BCUT2D eigenvalue weighted by Crippen LogP contribution is 2.25. The van der Waals surface area contributed by atoms with Crippen molar-refractivity contribution in [1.29, 1.82) is 0 Å². The van der Waals surface area contributed by atoms with Crippen molar-refractivity contribution in [2.75, 3.05) is 31.2 Å². The van der Waals surface area contributed by atoms with Crippen molar-refractivity contribution < 1.29 is 9.84 Å². The van der Waals surface area contributed by atoms with Gasteiger partial charge in [-0.1, -0.05) is 32.9 Å². The number of hydrogen-bond acceptors (Lipinski definition) is 3. The third-order valence-corrected chi connectivity index (χ3v) is 3.44. The minimum Gasteiger partial charge on any atom is -0.394 e. The third kappa shape index (κ3) is 3.03. The molecule has 1 fully saturated rings. The van der Waals surface area contributed by atoms with Crippen molar-refractivity contribution >= 4 is 5.69 Å². The topological polar surface area (TPSA) is 32.7 Å². The Balaban J connectivity index is 2.09. The van der Waals surface area contributed by atoms with Crippen LogP contribution in [0.1, 0.15) is 26.3 Å². The molecule has 0 radical (unpaired) electrons. The van der Waals surface area contributed by atoms with Crippen LogP contribution in [-0.4, -0.2) is 37.5 Å². The molecule has 1 atom stereocenters. The van der Waals surface area contributed by atoms with Crippen molar-refractivity contribution in [2.45, 2.75) is 32.3 Å². The van der Waals surface area contributed by atoms with Crippen LogP contribution < -0.4 is 4.90 Å². The van der Waals surface area contributed by atoms with Crippen molar-refractivity contribution in [3.63, 3.8) is 0 Å². The molecular weight excluding hydrogens is 226 g/mol. The van der Waals surface area contributed by atoms with Gasteiger partial charge in [-0.15, -0.1) is 0 Å². The van der Waals surface area contributed by atoms with Gasteiger partial charge in [-0.2, -0.15) is 0 Å². The van der Waals surface area contributed by atoms with Gasteiger partial charge in [-0.3, -0.25) is 0 Å². The summed E-state index contributed by atoms with van der Waals surface area (Å²) in [6.07, 6.45) is -0.0546. The fourth-order valence-corrected chi connectivity index (χ4v) is 2.24. The predicted molar refractivity (Wildman–Crippen MR) is 74.2 cm³/mol. The van der Waals surface area contributed by atoms with Crippen molar-refractivity contribution in [3.05, 3.63) is 29.8 Å². The van der Waals surface area contributed by atoms with Gasteiger partial charge in [0.25, 0.3) is 0 Å². The van der Waals surface area contributed by atoms with Crippen LogP contribution in [0, 0.1) is 0 Å². The van der Waals surface area contributed by atoms with Gasteiger partial charge in [-0.05, 0) is 23.1 Å². The lowest BCUT2D eigenvalue weighted by atomic mass is 9.87. The summed E-state index contributed by atoms with van der Waals surface area (Å²) in [7, 11) is 0. The monoisotopic (exact) mass is 249 g/mol. The Labute approximate surface area is 109 Å². The standard InChI is InChI=1S/C15H23NO2/c1-15(2,3)12-4-6-13(7-5-12)16-8-9-18-14(10-16)11-17/h4-7,14,17H,8-11H2,1-3H3. The highest BCUT2D eigenvalue weighted by molar-refractivity contribution is 5.49. The zero-order valence-corrected chi connectivity index (χ0v) is 11.5. The molecule has 1 aromatic carbocycles. The van der Waals surface area contributed by atoms with Crippen molar-refractivity contribution in [1.82, 2.24) is 0 Å². The van der Waals surface area contributed by atoms with Crippen LogP contribution in [0.4, 0.5) is 5.69 Å². The Morgan fingerprint density at radius 2 is 1.94 bits per heavy atom. The SMILES string of the molecule is CC(C)(C)c1ccc(N2CCOC(CO)C2)cc1. The predicted octanol–water partition coefficient (Wildman–Crippen LogP) is 2.18. The Kier molecular flexibility index (Phi) is 3.93. The summed E-state index contributed by atoms with van der Waals surface area (Å²) in [4.78, 5) is 2.27. The molecule has 0 aromatic heterocycles. The molecule has 0 aliphatic carbocycles. The fourth-order valence-electron chi connectivity index (χ4n) is 2.24. The van der Waals surface area contributed by atoms with Crippen LogP contribution in [-0.2, 0) is 10.2 Å². The summed E-state index contributed by atoms with van der Waals surface area (Å²) < 4.78 is 5.47. The minimum absolute atomic E-state index is 0.0546. The molecule has 1 unspecified atom stereocenters. The minimum atomic E-state index is -0.0546. The molecule has 1 saturated heterocycles. The van der Waals surface area contributed by atoms with E-state index in [2.05, 4.69) is 49.9 Å². The van der Waals surface area contributed by atoms with Gasteiger partial charge in [0.05, 0.1) is 19.3 Å². The molecule has 2 rings (SSSR count). The molecule has 1 aliphatic heterocycles. The Morgan fingerprint density at radius 3 is 2.50 bits per heavy atom. The first-order valence-corrected chi connectivity index (χ1v) is 6.58. The van der Waals surface area contributed by atoms with Gasteiger partial charge in [0.1, 0.15) is 0 Å². The second-order valence-corrected chi connectivity index (χ2v) is 5.92. The van der Waals surface area contributed by atoms with Crippen LogP contribution >= 0.6 is 0 Å². The summed E-state index contributed by atoms with van der Waals surface area (Å²) >= 11 is 0. The van der Waals surface area contributed by atoms with Crippen LogP contribution in [0.25, 0.3) is 0 Å². The lowest BCUT2D eigenvalue weighted by molar-refractivity contribution is 0.00357. The summed E-state index contributed by atoms with van der Waals surface area (Å²) in [6.45, 7) is 9.11. The number of ether oxygens (including phenoxy) is 1. The molecule has 1 aromatic rings. The van der Waals surface area contributed by atoms with E-state index in [9.17, 15) is 0 Å². The third-order valence-electron chi connectivity index (χ3n) is 3.44. The first kappa shape index (κ1) is 13.4. The van der Waals surface area contributed by atoms with E-state index in [1.807, 2.05) is 0 Å². The normalized spacial score (nSPS) is 21.1. The van der Waals surface area contributed by atoms with E-state index in [1.54, 1.807) is 0 Å². The molecule has 0 amide bonds. The Hall–Kier alpha value is -1.06. The number of aliphatic hydroxyl groups excluding tert-OH is 1. The van der Waals surface area contributed by atoms with E-state index >= 15 is 0 Å². The lowest BCUT2D eigenvalue weighted by Crippen LogP contribution is -2.44. The maximum Gasteiger partial charge on any atom is 0.0980 e. The van der Waals surface area contributed by atoms with Gasteiger partial charge in [0.15, 0.2) is 0 Å². The molecule has 0 spiro atoms. The molecular formula is C15H23NO2. The molecule has 3 heteroatoms. The summed E-state index contributed by atoms with van der Waals surface area (Å²) in [5.74, 6) is 0. The van der Waals surface area contributed by atoms with Crippen LogP contribution in [0.5, 0.6) is 0 Å². The highest BCUT2D eigenvalue weighted by Gasteiger charge is 2.20. The molecule has 0 saturated carbocycles. The zero-order chi connectivity index (χ0) is 13.2. The molecule has 1 heterocycles. The van der Waals surface area contributed by atoms with Crippen LogP contribution in [0.15, 0.2) is 24.3 Å². The Morgan fingerprint density at radius 1 is 1.28 bits per heavy atom. The molecule has 3 nitrogen and oxygen atoms in total. The molecule has 100 valence electrons. The van der Waals surface area contributed by atoms with E-state index < -0.39 is 0 Å². The van der Waals surface area contributed by atoms with Gasteiger partial charge in [0, 0.05) is 18.8 Å². The average Bonchev–Trinajstić information content (AvgIpc) is 2.38. The van der Waals surface area contributed by atoms with Gasteiger partial charge in [-0.25, -0.2) is 0 Å². The first-order chi connectivity index (χ1) is 8.50. The molecule has 1 aliphatic rings. The van der Waals surface area contributed by atoms with Crippen LogP contribution in [0.3, 0.4) is 0 Å². The summed E-state index contributed by atoms with van der Waals surface area (Å²) in [5, 5.41) is 9.15. The number of nitrogens with zero attached hydrogens (tertiary/aromatic N) is 1. The maximum atomic E-state index is 9.15. The second kappa shape index (κ2) is 5.29. The van der Waals surface area contributed by atoms with Crippen molar-refractivity contribution in [2.24, 2.45) is 0 Å². The van der Waals surface area contributed by atoms with Gasteiger partial charge < -0.3 is 14.7 Å². The van der Waals surface area contributed by atoms with Crippen molar-refractivity contribution in [3.8, 4) is 0 Å². The second-order valence-electron chi connectivity index (χ2n) is 5.92. The number of rotatable bonds is 2. The lowest BCUT2D eigenvalue weighted by Gasteiger charge is -2.34. The van der Waals surface area contributed by atoms with E-state index in [0.29, 0.717) is 6.61 Å². The maximum absolute atomic E-state index is 9.15. The quantitative estimate of drug-likeness (QED) is 0.872. The van der Waals surface area contributed by atoms with E-state index in [-0.39, 0.29) is 18.1 Å². The number of anilines is 1. The van der Waals surface area contributed by atoms with E-state index in [1.165, 1.54) is 11.3 Å². The summed E-state index contributed by atoms with van der Waals surface area (Å²) in [6, 6.07) is 8.72. The molecule has 0 bridgehead atoms. The number of aliphatic hydroxyl groups is 1. The number of benzene rings is 1. The van der Waals surface area contributed by atoms with Gasteiger partial charge >= 0.3 is 0 Å². The first-order valence-electron chi connectivity index (χ1n) is 6.58. The fraction of sp³-hybridized carbons (Fsp3) is 0.600. The van der Waals surface area contributed by atoms with Gasteiger partial charge in [0.2, 0.25) is 0 Å². The highest BCUT2D eigenvalue weighted by atomic mass is 16.5. The van der Waals surface area contributed by atoms with E-state index in [4.69, 9.17) is 9.84 Å². The molecule has 1 N–H and O–H groups in total. The number of morpholine rings is 1.